The van der Waals surface area contributed by atoms with Gasteiger partial charge < -0.3 is 25.6 Å². The fraction of sp³-hybridized carbons (Fsp3) is 0.348. The molecule has 39 heavy (non-hydrogen) atoms. The normalized spacial score (nSPS) is 23.3. The highest BCUT2D eigenvalue weighted by Gasteiger charge is 2.47. The van der Waals surface area contributed by atoms with E-state index in [1.54, 1.807) is 19.1 Å². The number of benzene rings is 1. The lowest BCUT2D eigenvalue weighted by atomic mass is 10.1. The van der Waals surface area contributed by atoms with Crippen molar-refractivity contribution < 1.29 is 33.0 Å². The molecule has 0 radical (unpaired) electrons. The van der Waals surface area contributed by atoms with Crippen molar-refractivity contribution in [1.82, 2.24) is 29.1 Å². The number of hydrogen-bond acceptors (Lipinski definition) is 10. The van der Waals surface area contributed by atoms with Crippen LogP contribution in [0.5, 0.6) is 0 Å². The molecule has 0 unspecified atom stereocenters. The second kappa shape index (κ2) is 10.7. The average Bonchev–Trinajstić information content (AvgIpc) is 3.66. The number of anilines is 2. The van der Waals surface area contributed by atoms with Gasteiger partial charge in [0.05, 0.1) is 11.2 Å². The van der Waals surface area contributed by atoms with Gasteiger partial charge in [-0.3, -0.25) is 14.7 Å². The van der Waals surface area contributed by atoms with E-state index in [1.807, 2.05) is 0 Å². The van der Waals surface area contributed by atoms with E-state index >= 15 is 0 Å². The summed E-state index contributed by atoms with van der Waals surface area (Å²) in [4.78, 5) is 37.4. The molecule has 3 amide bonds. The SMILES string of the molecule is CCNC(=O)[C@H]1O[C@@H](n2cnc3c(NC(=O)Nc4ccc(S(=O)(=O)N5CC=CC5)cc4)ncnc32)[C@H](O)[C@@H]1O. The fourth-order valence-corrected chi connectivity index (χ4v) is 5.64. The predicted octanol–water partition coefficient (Wildman–Crippen LogP) is -0.214. The first-order valence-corrected chi connectivity index (χ1v) is 13.4. The van der Waals surface area contributed by atoms with Crippen molar-refractivity contribution in [2.24, 2.45) is 0 Å². The molecule has 16 heteroatoms. The van der Waals surface area contributed by atoms with Crippen LogP contribution in [0.4, 0.5) is 16.3 Å². The molecule has 1 saturated heterocycles. The van der Waals surface area contributed by atoms with Crippen LogP contribution in [-0.2, 0) is 19.6 Å². The monoisotopic (exact) mass is 558 g/mol. The zero-order chi connectivity index (χ0) is 27.7. The van der Waals surface area contributed by atoms with Crippen molar-refractivity contribution in [2.75, 3.05) is 30.3 Å². The highest BCUT2D eigenvalue weighted by Crippen LogP contribution is 2.32. The standard InChI is InChI=1S/C23H26N8O7S/c1-2-24-21(34)18-16(32)17(33)22(38-18)31-12-27-15-19(25-11-26-20(15)31)29-23(35)28-13-5-7-14(8-6-13)39(36,37)30-9-3-4-10-30/h3-8,11-12,16-18,22,32-33H,2,9-10H2,1H3,(H,24,34)(H2,25,26,28,29,35)/t16-,17+,18-,22+/m0/s1. The van der Waals surface area contributed by atoms with Crippen LogP contribution in [0.1, 0.15) is 13.2 Å². The predicted molar refractivity (Wildman–Crippen MR) is 137 cm³/mol. The Hall–Kier alpha value is -3.96. The maximum absolute atomic E-state index is 12.7. The molecule has 0 aliphatic carbocycles. The molecule has 2 aliphatic rings. The van der Waals surface area contributed by atoms with Gasteiger partial charge >= 0.3 is 6.03 Å². The Morgan fingerprint density at radius 2 is 1.77 bits per heavy atom. The van der Waals surface area contributed by atoms with Gasteiger partial charge in [0.25, 0.3) is 5.91 Å². The highest BCUT2D eigenvalue weighted by molar-refractivity contribution is 7.89. The van der Waals surface area contributed by atoms with E-state index in [9.17, 15) is 28.2 Å². The lowest BCUT2D eigenvalue weighted by Crippen LogP contribution is -2.42. The van der Waals surface area contributed by atoms with Gasteiger partial charge in [0, 0.05) is 25.3 Å². The van der Waals surface area contributed by atoms with Crippen LogP contribution in [0.25, 0.3) is 11.2 Å². The van der Waals surface area contributed by atoms with Crippen LogP contribution < -0.4 is 16.0 Å². The molecule has 2 aromatic heterocycles. The van der Waals surface area contributed by atoms with Crippen molar-refractivity contribution >= 4 is 44.6 Å². The molecule has 0 spiro atoms. The van der Waals surface area contributed by atoms with Crippen molar-refractivity contribution in [3.05, 3.63) is 49.1 Å². The summed E-state index contributed by atoms with van der Waals surface area (Å²) in [5, 5.41) is 28.5. The van der Waals surface area contributed by atoms with E-state index in [4.69, 9.17) is 4.74 Å². The zero-order valence-corrected chi connectivity index (χ0v) is 21.4. The Morgan fingerprint density at radius 3 is 2.46 bits per heavy atom. The molecule has 4 atom stereocenters. The summed E-state index contributed by atoms with van der Waals surface area (Å²) in [5.74, 6) is -0.520. The second-order valence-corrected chi connectivity index (χ2v) is 10.7. The quantitative estimate of drug-likeness (QED) is 0.242. The summed E-state index contributed by atoms with van der Waals surface area (Å²) in [5.41, 5.74) is 0.689. The summed E-state index contributed by atoms with van der Waals surface area (Å²) in [6.45, 7) is 2.67. The van der Waals surface area contributed by atoms with E-state index in [1.165, 1.54) is 45.8 Å². The zero-order valence-electron chi connectivity index (χ0n) is 20.6. The van der Waals surface area contributed by atoms with Gasteiger partial charge in [-0.05, 0) is 31.2 Å². The first-order chi connectivity index (χ1) is 18.7. The molecule has 1 aromatic carbocycles. The molecular weight excluding hydrogens is 532 g/mol. The van der Waals surface area contributed by atoms with Gasteiger partial charge in [0.15, 0.2) is 29.3 Å². The number of sulfonamides is 1. The number of carbonyl (C=O) groups excluding carboxylic acids is 2. The smallest absolute Gasteiger partial charge is 0.324 e. The minimum Gasteiger partial charge on any atom is -0.387 e. The number of amides is 3. The molecule has 0 bridgehead atoms. The fourth-order valence-electron chi connectivity index (χ4n) is 4.29. The number of aliphatic hydroxyl groups excluding tert-OH is 2. The third kappa shape index (κ3) is 5.07. The number of ether oxygens (including phenoxy) is 1. The Morgan fingerprint density at radius 1 is 1.05 bits per heavy atom. The van der Waals surface area contributed by atoms with Crippen LogP contribution in [0.15, 0.2) is 54.0 Å². The molecule has 2 aliphatic heterocycles. The van der Waals surface area contributed by atoms with Crippen molar-refractivity contribution in [1.29, 1.82) is 0 Å². The number of hydrogen-bond donors (Lipinski definition) is 5. The second-order valence-electron chi connectivity index (χ2n) is 8.77. The molecular formula is C23H26N8O7S. The third-order valence-corrected chi connectivity index (χ3v) is 8.09. The van der Waals surface area contributed by atoms with Crippen LogP contribution in [0.3, 0.4) is 0 Å². The van der Waals surface area contributed by atoms with Crippen molar-refractivity contribution in [2.45, 2.75) is 36.4 Å². The van der Waals surface area contributed by atoms with Crippen molar-refractivity contribution in [3.63, 3.8) is 0 Å². The summed E-state index contributed by atoms with van der Waals surface area (Å²) in [6.07, 6.45) is 0.636. The first-order valence-electron chi connectivity index (χ1n) is 12.0. The Bertz CT molecular complexity index is 1520. The van der Waals surface area contributed by atoms with E-state index < -0.39 is 46.5 Å². The average molecular weight is 559 g/mol. The minimum atomic E-state index is -3.63. The number of aliphatic hydroxyl groups is 2. The number of aromatic nitrogens is 4. The lowest BCUT2D eigenvalue weighted by molar-refractivity contribution is -0.137. The summed E-state index contributed by atoms with van der Waals surface area (Å²) in [6, 6.07) is 5.07. The van der Waals surface area contributed by atoms with Crippen LogP contribution in [0.2, 0.25) is 0 Å². The highest BCUT2D eigenvalue weighted by atomic mass is 32.2. The molecule has 4 heterocycles. The number of likely N-dealkylation sites (N-methyl/N-ethyl adjacent to an activating group) is 1. The molecule has 3 aromatic rings. The van der Waals surface area contributed by atoms with Gasteiger partial charge in [-0.25, -0.2) is 28.2 Å². The van der Waals surface area contributed by atoms with E-state index in [-0.39, 0.29) is 21.9 Å². The van der Waals surface area contributed by atoms with E-state index in [2.05, 4.69) is 30.9 Å². The van der Waals surface area contributed by atoms with Gasteiger partial charge in [0.2, 0.25) is 10.0 Å². The lowest BCUT2D eigenvalue weighted by Gasteiger charge is -2.16. The maximum atomic E-state index is 12.7. The third-order valence-electron chi connectivity index (χ3n) is 6.25. The van der Waals surface area contributed by atoms with Crippen molar-refractivity contribution in [3.8, 4) is 0 Å². The molecule has 1 fully saturated rings. The summed E-state index contributed by atoms with van der Waals surface area (Å²) < 4.78 is 33.6. The number of nitrogens with one attached hydrogen (secondary N) is 3. The summed E-state index contributed by atoms with van der Waals surface area (Å²) in [7, 11) is -3.63. The topological polar surface area (TPSA) is 201 Å². The molecule has 5 N–H and O–H groups in total. The molecule has 15 nitrogen and oxygen atoms in total. The Kier molecular flexibility index (Phi) is 7.28. The minimum absolute atomic E-state index is 0.0466. The van der Waals surface area contributed by atoms with Gasteiger partial charge in [0.1, 0.15) is 18.5 Å². The Labute approximate surface area is 222 Å². The largest absolute Gasteiger partial charge is 0.387 e. The van der Waals surface area contributed by atoms with Crippen LogP contribution >= 0.6 is 0 Å². The number of urea groups is 1. The van der Waals surface area contributed by atoms with Gasteiger partial charge in [-0.2, -0.15) is 4.31 Å². The number of fused-ring (bicyclic) bond motifs is 1. The number of carbonyl (C=O) groups is 2. The molecule has 206 valence electrons. The first kappa shape index (κ1) is 26.6. The van der Waals surface area contributed by atoms with Gasteiger partial charge in [-0.15, -0.1) is 0 Å². The van der Waals surface area contributed by atoms with Crippen LogP contribution in [-0.4, -0.2) is 92.3 Å². The maximum Gasteiger partial charge on any atom is 0.324 e. The Balaban J connectivity index is 1.29. The summed E-state index contributed by atoms with van der Waals surface area (Å²) >= 11 is 0. The number of rotatable bonds is 7. The number of imidazole rings is 1. The van der Waals surface area contributed by atoms with E-state index in [0.717, 1.165) is 0 Å². The van der Waals surface area contributed by atoms with Crippen LogP contribution in [0, 0.1) is 0 Å². The van der Waals surface area contributed by atoms with Gasteiger partial charge in [-0.1, -0.05) is 12.2 Å². The van der Waals surface area contributed by atoms with E-state index in [0.29, 0.717) is 25.3 Å². The molecule has 5 rings (SSSR count). The number of nitrogens with zero attached hydrogens (tertiary/aromatic N) is 5. The molecule has 0 saturated carbocycles.